The van der Waals surface area contributed by atoms with Crippen molar-refractivity contribution in [2.24, 2.45) is 0 Å². The Labute approximate surface area is 124 Å². The van der Waals surface area contributed by atoms with E-state index in [9.17, 15) is 0 Å². The van der Waals surface area contributed by atoms with Crippen LogP contribution in [-0.2, 0) is 12.0 Å². The molecule has 110 valence electrons. The lowest BCUT2D eigenvalue weighted by Gasteiger charge is -2.14. The van der Waals surface area contributed by atoms with Crippen molar-refractivity contribution in [2.45, 2.75) is 59.5 Å². The van der Waals surface area contributed by atoms with Crippen LogP contribution in [0.25, 0.3) is 0 Å². The van der Waals surface area contributed by atoms with E-state index in [1.807, 2.05) is 6.92 Å². The summed E-state index contributed by atoms with van der Waals surface area (Å²) in [7, 11) is 0. The molecule has 0 radical (unpaired) electrons. The first-order valence-electron chi connectivity index (χ1n) is 6.90. The molecule has 0 bridgehead atoms. The molecule has 0 saturated heterocycles. The molecule has 2 aromatic heterocycles. The zero-order valence-electron chi connectivity index (χ0n) is 13.1. The lowest BCUT2D eigenvalue weighted by Crippen LogP contribution is -2.18. The van der Waals surface area contributed by atoms with Crippen LogP contribution in [0.15, 0.2) is 10.6 Å². The summed E-state index contributed by atoms with van der Waals surface area (Å²) < 4.78 is 5.47. The van der Waals surface area contributed by atoms with Gasteiger partial charge in [0.1, 0.15) is 5.76 Å². The molecule has 0 saturated carbocycles. The van der Waals surface area contributed by atoms with Gasteiger partial charge in [-0.3, -0.25) is 0 Å². The minimum atomic E-state index is 0.104. The summed E-state index contributed by atoms with van der Waals surface area (Å²) in [4.78, 5) is 10.2. The number of nitrogens with one attached hydrogen (secondary N) is 1. The fourth-order valence-corrected chi connectivity index (χ4v) is 3.10. The monoisotopic (exact) mass is 293 g/mol. The molecule has 1 N–H and O–H groups in total. The Morgan fingerprint density at radius 3 is 2.55 bits per heavy atom. The van der Waals surface area contributed by atoms with E-state index >= 15 is 0 Å². The van der Waals surface area contributed by atoms with Gasteiger partial charge in [-0.15, -0.1) is 11.3 Å². The average Bonchev–Trinajstić information content (AvgIpc) is 2.92. The van der Waals surface area contributed by atoms with E-state index in [0.717, 1.165) is 17.3 Å². The normalized spacial score (nSPS) is 13.7. The largest absolute Gasteiger partial charge is 0.445 e. The van der Waals surface area contributed by atoms with E-state index in [2.05, 4.69) is 44.9 Å². The highest BCUT2D eigenvalue weighted by Gasteiger charge is 2.22. The van der Waals surface area contributed by atoms with Gasteiger partial charge in [-0.25, -0.2) is 9.97 Å². The maximum absolute atomic E-state index is 5.47. The molecule has 0 fully saturated rings. The molecule has 0 aliphatic rings. The smallest absolute Gasteiger partial charge is 0.208 e. The quantitative estimate of drug-likeness (QED) is 0.929. The van der Waals surface area contributed by atoms with Gasteiger partial charge in [0.05, 0.1) is 23.4 Å². The maximum atomic E-state index is 5.47. The molecule has 1 unspecified atom stereocenters. The third-order valence-corrected chi connectivity index (χ3v) is 4.86. The molecule has 2 rings (SSSR count). The Morgan fingerprint density at radius 1 is 1.35 bits per heavy atom. The topological polar surface area (TPSA) is 51.0 Å². The number of oxazole rings is 1. The van der Waals surface area contributed by atoms with Crippen molar-refractivity contribution < 1.29 is 4.42 Å². The number of rotatable bonds is 4. The molecule has 0 spiro atoms. The van der Waals surface area contributed by atoms with Crippen LogP contribution in [0.3, 0.4) is 0 Å². The molecule has 2 heterocycles. The van der Waals surface area contributed by atoms with Crippen molar-refractivity contribution >= 4 is 11.3 Å². The molecular formula is C15H23N3OS. The van der Waals surface area contributed by atoms with Crippen LogP contribution in [0.4, 0.5) is 0 Å². The predicted molar refractivity (Wildman–Crippen MR) is 82.0 cm³/mol. The van der Waals surface area contributed by atoms with Gasteiger partial charge >= 0.3 is 0 Å². The van der Waals surface area contributed by atoms with Crippen LogP contribution < -0.4 is 5.32 Å². The summed E-state index contributed by atoms with van der Waals surface area (Å²) in [5.74, 6) is 1.58. The van der Waals surface area contributed by atoms with E-state index in [-0.39, 0.29) is 11.5 Å². The van der Waals surface area contributed by atoms with Gasteiger partial charge in [-0.2, -0.15) is 0 Å². The number of nitrogens with zero attached hydrogens (tertiary/aromatic N) is 2. The van der Waals surface area contributed by atoms with Crippen LogP contribution in [0.1, 0.15) is 61.0 Å². The number of hydrogen-bond donors (Lipinski definition) is 1. The summed E-state index contributed by atoms with van der Waals surface area (Å²) in [6.07, 6.45) is 1.75. The molecular weight excluding hydrogens is 270 g/mol. The van der Waals surface area contributed by atoms with E-state index in [4.69, 9.17) is 9.40 Å². The molecule has 1 atom stereocenters. The van der Waals surface area contributed by atoms with E-state index in [1.165, 1.54) is 9.88 Å². The van der Waals surface area contributed by atoms with Gasteiger partial charge in [-0.05, 0) is 20.8 Å². The highest BCUT2D eigenvalue weighted by Crippen LogP contribution is 2.32. The Bertz CT molecular complexity index is 580. The van der Waals surface area contributed by atoms with Crippen molar-refractivity contribution in [3.8, 4) is 0 Å². The molecule has 0 aromatic carbocycles. The summed E-state index contributed by atoms with van der Waals surface area (Å²) in [5, 5.41) is 4.63. The fraction of sp³-hybridized carbons (Fsp3) is 0.600. The highest BCUT2D eigenvalue weighted by molar-refractivity contribution is 7.12. The predicted octanol–water partition coefficient (Wildman–Crippen LogP) is 3.90. The Kier molecular flexibility index (Phi) is 4.30. The lowest BCUT2D eigenvalue weighted by molar-refractivity contribution is 0.433. The first kappa shape index (κ1) is 15.2. The zero-order chi connectivity index (χ0) is 14.9. The first-order valence-corrected chi connectivity index (χ1v) is 7.71. The summed E-state index contributed by atoms with van der Waals surface area (Å²) in [5.41, 5.74) is 1.22. The number of thiazole rings is 1. The summed E-state index contributed by atoms with van der Waals surface area (Å²) in [6.45, 7) is 13.4. The minimum absolute atomic E-state index is 0.104. The van der Waals surface area contributed by atoms with Crippen molar-refractivity contribution in [3.05, 3.63) is 33.4 Å². The van der Waals surface area contributed by atoms with Gasteiger partial charge in [-0.1, -0.05) is 20.8 Å². The van der Waals surface area contributed by atoms with E-state index in [1.54, 1.807) is 17.5 Å². The molecule has 4 nitrogen and oxygen atoms in total. The van der Waals surface area contributed by atoms with Gasteiger partial charge in [0.2, 0.25) is 5.89 Å². The van der Waals surface area contributed by atoms with Crippen molar-refractivity contribution in [2.75, 3.05) is 0 Å². The van der Waals surface area contributed by atoms with Gasteiger partial charge < -0.3 is 9.73 Å². The number of aromatic nitrogens is 2. The standard InChI is InChI=1S/C15H23N3OS/c1-9-7-17-12(19-9)8-16-10(2)13-11(3)18-14(20-13)15(4,5)6/h7,10,16H,8H2,1-6H3. The summed E-state index contributed by atoms with van der Waals surface area (Å²) >= 11 is 1.79. The van der Waals surface area contributed by atoms with Crippen molar-refractivity contribution in [1.29, 1.82) is 0 Å². The Balaban J connectivity index is 2.05. The second kappa shape index (κ2) is 5.66. The van der Waals surface area contributed by atoms with E-state index < -0.39 is 0 Å². The number of hydrogen-bond acceptors (Lipinski definition) is 5. The molecule has 0 amide bonds. The second-order valence-electron chi connectivity index (χ2n) is 6.19. The van der Waals surface area contributed by atoms with Crippen molar-refractivity contribution in [3.63, 3.8) is 0 Å². The molecule has 20 heavy (non-hydrogen) atoms. The minimum Gasteiger partial charge on any atom is -0.445 e. The first-order chi connectivity index (χ1) is 9.27. The molecule has 5 heteroatoms. The lowest BCUT2D eigenvalue weighted by atomic mass is 9.98. The second-order valence-corrected chi connectivity index (χ2v) is 7.22. The van der Waals surface area contributed by atoms with Crippen LogP contribution in [0, 0.1) is 13.8 Å². The van der Waals surface area contributed by atoms with Gasteiger partial charge in [0, 0.05) is 16.3 Å². The Morgan fingerprint density at radius 2 is 2.05 bits per heavy atom. The van der Waals surface area contributed by atoms with E-state index in [0.29, 0.717) is 6.54 Å². The Hall–Kier alpha value is -1.20. The van der Waals surface area contributed by atoms with Crippen LogP contribution in [0.5, 0.6) is 0 Å². The van der Waals surface area contributed by atoms with Gasteiger partial charge in [0.25, 0.3) is 0 Å². The maximum Gasteiger partial charge on any atom is 0.208 e. The summed E-state index contributed by atoms with van der Waals surface area (Å²) in [6, 6.07) is 0.246. The molecule has 0 aliphatic heterocycles. The van der Waals surface area contributed by atoms with Crippen molar-refractivity contribution in [1.82, 2.24) is 15.3 Å². The number of aryl methyl sites for hydroxylation is 2. The third kappa shape index (κ3) is 3.46. The molecule has 0 aliphatic carbocycles. The fourth-order valence-electron chi connectivity index (χ4n) is 1.95. The van der Waals surface area contributed by atoms with Crippen LogP contribution >= 0.6 is 11.3 Å². The third-order valence-electron chi connectivity index (χ3n) is 3.10. The average molecular weight is 293 g/mol. The van der Waals surface area contributed by atoms with Crippen LogP contribution in [0.2, 0.25) is 0 Å². The SMILES string of the molecule is Cc1cnc(CNC(C)c2sc(C(C)(C)C)nc2C)o1. The highest BCUT2D eigenvalue weighted by atomic mass is 32.1. The van der Waals surface area contributed by atoms with Gasteiger partial charge in [0.15, 0.2) is 0 Å². The molecule has 2 aromatic rings. The zero-order valence-corrected chi connectivity index (χ0v) is 13.9. The van der Waals surface area contributed by atoms with Crippen LogP contribution in [-0.4, -0.2) is 9.97 Å².